The van der Waals surface area contributed by atoms with E-state index < -0.39 is 17.7 Å². The molecular weight excluding hydrogens is 250 g/mol. The Morgan fingerprint density at radius 1 is 0.947 bits per heavy atom. The average molecular weight is 260 g/mol. The molecule has 96 valence electrons. The van der Waals surface area contributed by atoms with Crippen molar-refractivity contribution in [1.82, 2.24) is 0 Å². The van der Waals surface area contributed by atoms with Crippen LogP contribution in [0.25, 0.3) is 11.0 Å². The van der Waals surface area contributed by atoms with Gasteiger partial charge in [0, 0.05) is 5.39 Å². The lowest BCUT2D eigenvalue weighted by Gasteiger charge is -2.08. The van der Waals surface area contributed by atoms with E-state index in [1.807, 2.05) is 18.2 Å². The van der Waals surface area contributed by atoms with E-state index in [-0.39, 0.29) is 5.56 Å². The molecule has 0 amide bonds. The Bertz CT molecular complexity index is 701. The fourth-order valence-electron chi connectivity index (χ4n) is 1.98. The van der Waals surface area contributed by atoms with Gasteiger partial charge in [-0.25, -0.2) is 8.78 Å². The first-order valence-electron chi connectivity index (χ1n) is 5.76. The fraction of sp³-hybridized carbons (Fsp3) is 0.0667. The van der Waals surface area contributed by atoms with Gasteiger partial charge >= 0.3 is 0 Å². The molecule has 0 spiro atoms. The van der Waals surface area contributed by atoms with Gasteiger partial charge in [0.2, 0.25) is 0 Å². The molecule has 2 aromatic carbocycles. The normalized spacial score (nSPS) is 12.8. The minimum atomic E-state index is -1.12. The maximum absolute atomic E-state index is 13.1. The summed E-state index contributed by atoms with van der Waals surface area (Å²) in [6.07, 6.45) is -1.12. The Hall–Kier alpha value is -2.20. The van der Waals surface area contributed by atoms with Gasteiger partial charge in [-0.1, -0.05) is 24.3 Å². The third kappa shape index (κ3) is 2.11. The monoisotopic (exact) mass is 260 g/mol. The zero-order chi connectivity index (χ0) is 13.4. The van der Waals surface area contributed by atoms with Gasteiger partial charge in [-0.3, -0.25) is 0 Å². The van der Waals surface area contributed by atoms with Crippen molar-refractivity contribution < 1.29 is 18.3 Å². The minimum Gasteiger partial charge on any atom is -0.458 e. The number of fused-ring (bicyclic) bond motifs is 1. The summed E-state index contributed by atoms with van der Waals surface area (Å²) >= 11 is 0. The van der Waals surface area contributed by atoms with Crippen LogP contribution in [0.4, 0.5) is 8.78 Å². The quantitative estimate of drug-likeness (QED) is 0.760. The predicted octanol–water partition coefficient (Wildman–Crippen LogP) is 3.79. The van der Waals surface area contributed by atoms with Gasteiger partial charge in [0.05, 0.1) is 0 Å². The molecule has 0 aliphatic heterocycles. The maximum Gasteiger partial charge on any atom is 0.159 e. The molecule has 0 saturated carbocycles. The highest BCUT2D eigenvalue weighted by atomic mass is 19.2. The molecule has 3 rings (SSSR count). The molecule has 1 atom stereocenters. The van der Waals surface area contributed by atoms with Gasteiger partial charge in [0.1, 0.15) is 17.4 Å². The molecule has 0 radical (unpaired) electrons. The lowest BCUT2D eigenvalue weighted by Crippen LogP contribution is -1.99. The molecule has 19 heavy (non-hydrogen) atoms. The van der Waals surface area contributed by atoms with Crippen LogP contribution < -0.4 is 0 Å². The van der Waals surface area contributed by atoms with Crippen molar-refractivity contribution in [2.45, 2.75) is 6.10 Å². The average Bonchev–Trinajstić information content (AvgIpc) is 2.85. The molecule has 0 aliphatic rings. The Labute approximate surface area is 107 Å². The molecule has 1 heterocycles. The molecule has 1 aromatic heterocycles. The fourth-order valence-corrected chi connectivity index (χ4v) is 1.98. The van der Waals surface area contributed by atoms with Gasteiger partial charge in [-0.2, -0.15) is 0 Å². The predicted molar refractivity (Wildman–Crippen MR) is 66.6 cm³/mol. The molecule has 1 unspecified atom stereocenters. The largest absolute Gasteiger partial charge is 0.458 e. The van der Waals surface area contributed by atoms with Crippen LogP contribution in [-0.4, -0.2) is 5.11 Å². The summed E-state index contributed by atoms with van der Waals surface area (Å²) in [6.45, 7) is 0. The van der Waals surface area contributed by atoms with Crippen molar-refractivity contribution in [3.63, 3.8) is 0 Å². The van der Waals surface area contributed by atoms with Gasteiger partial charge in [-0.15, -0.1) is 0 Å². The first kappa shape index (κ1) is 11.9. The Balaban J connectivity index is 2.02. The van der Waals surface area contributed by atoms with E-state index in [2.05, 4.69) is 0 Å². The van der Waals surface area contributed by atoms with Gasteiger partial charge in [-0.05, 0) is 29.8 Å². The molecule has 1 N–H and O–H groups in total. The number of hydrogen-bond donors (Lipinski definition) is 1. The van der Waals surface area contributed by atoms with Crippen molar-refractivity contribution in [3.8, 4) is 0 Å². The summed E-state index contributed by atoms with van der Waals surface area (Å²) in [6, 6.07) is 12.3. The van der Waals surface area contributed by atoms with Crippen molar-refractivity contribution in [3.05, 3.63) is 71.5 Å². The standard InChI is InChI=1S/C15H10F2O2/c16-11-6-5-10(7-12(11)17)15(18)14-8-9-3-1-2-4-13(9)19-14/h1-8,15,18H. The van der Waals surface area contributed by atoms with E-state index >= 15 is 0 Å². The van der Waals surface area contributed by atoms with E-state index in [1.165, 1.54) is 6.07 Å². The second-order valence-electron chi connectivity index (χ2n) is 4.26. The first-order chi connectivity index (χ1) is 9.15. The van der Waals surface area contributed by atoms with E-state index in [9.17, 15) is 13.9 Å². The number of hydrogen-bond acceptors (Lipinski definition) is 2. The van der Waals surface area contributed by atoms with Crippen LogP contribution in [0.15, 0.2) is 52.9 Å². The SMILES string of the molecule is OC(c1ccc(F)c(F)c1)c1cc2ccccc2o1. The Kier molecular flexibility index (Phi) is 2.80. The highest BCUT2D eigenvalue weighted by Crippen LogP contribution is 2.28. The van der Waals surface area contributed by atoms with Crippen molar-refractivity contribution >= 4 is 11.0 Å². The molecule has 3 aromatic rings. The smallest absolute Gasteiger partial charge is 0.159 e. The number of aliphatic hydroxyl groups is 1. The van der Waals surface area contributed by atoms with E-state index in [0.29, 0.717) is 11.3 Å². The highest BCUT2D eigenvalue weighted by molar-refractivity contribution is 5.77. The number of aliphatic hydroxyl groups excluding tert-OH is 1. The van der Waals surface area contributed by atoms with Crippen LogP contribution in [0.3, 0.4) is 0 Å². The summed E-state index contributed by atoms with van der Waals surface area (Å²) in [4.78, 5) is 0. The van der Waals surface area contributed by atoms with E-state index in [0.717, 1.165) is 17.5 Å². The molecular formula is C15H10F2O2. The number of halogens is 2. The van der Waals surface area contributed by atoms with Gasteiger partial charge < -0.3 is 9.52 Å². The van der Waals surface area contributed by atoms with Gasteiger partial charge in [0.25, 0.3) is 0 Å². The summed E-state index contributed by atoms with van der Waals surface area (Å²) in [5.41, 5.74) is 0.886. The van der Waals surface area contributed by atoms with Crippen LogP contribution >= 0.6 is 0 Å². The lowest BCUT2D eigenvalue weighted by atomic mass is 10.1. The molecule has 4 heteroatoms. The number of benzene rings is 2. The molecule has 0 aliphatic carbocycles. The van der Waals surface area contributed by atoms with Crippen molar-refractivity contribution in [1.29, 1.82) is 0 Å². The number of para-hydroxylation sites is 1. The third-order valence-electron chi connectivity index (χ3n) is 2.97. The van der Waals surface area contributed by atoms with E-state index in [1.54, 1.807) is 12.1 Å². The second kappa shape index (κ2) is 4.48. The topological polar surface area (TPSA) is 33.4 Å². The van der Waals surface area contributed by atoms with Crippen LogP contribution in [-0.2, 0) is 0 Å². The first-order valence-corrected chi connectivity index (χ1v) is 5.76. The third-order valence-corrected chi connectivity index (χ3v) is 2.97. The molecule has 0 bridgehead atoms. The van der Waals surface area contributed by atoms with Crippen molar-refractivity contribution in [2.75, 3.05) is 0 Å². The summed E-state index contributed by atoms with van der Waals surface area (Å²) in [7, 11) is 0. The van der Waals surface area contributed by atoms with Crippen LogP contribution in [0, 0.1) is 11.6 Å². The molecule has 0 saturated heterocycles. The lowest BCUT2D eigenvalue weighted by molar-refractivity contribution is 0.191. The van der Waals surface area contributed by atoms with Crippen LogP contribution in [0.1, 0.15) is 17.4 Å². The minimum absolute atomic E-state index is 0.248. The highest BCUT2D eigenvalue weighted by Gasteiger charge is 2.17. The Morgan fingerprint density at radius 2 is 1.74 bits per heavy atom. The summed E-state index contributed by atoms with van der Waals surface area (Å²) in [5.74, 6) is -1.64. The van der Waals surface area contributed by atoms with Gasteiger partial charge in [0.15, 0.2) is 11.6 Å². The number of rotatable bonds is 2. The zero-order valence-electron chi connectivity index (χ0n) is 9.81. The zero-order valence-corrected chi connectivity index (χ0v) is 9.81. The molecule has 0 fully saturated rings. The van der Waals surface area contributed by atoms with Crippen LogP contribution in [0.5, 0.6) is 0 Å². The Morgan fingerprint density at radius 3 is 2.47 bits per heavy atom. The summed E-state index contributed by atoms with van der Waals surface area (Å²) in [5, 5.41) is 11.0. The van der Waals surface area contributed by atoms with Crippen molar-refractivity contribution in [2.24, 2.45) is 0 Å². The van der Waals surface area contributed by atoms with Crippen LogP contribution in [0.2, 0.25) is 0 Å². The van der Waals surface area contributed by atoms with E-state index in [4.69, 9.17) is 4.42 Å². The molecule has 2 nitrogen and oxygen atoms in total. The maximum atomic E-state index is 13.1. The number of furan rings is 1. The summed E-state index contributed by atoms with van der Waals surface area (Å²) < 4.78 is 31.5. The second-order valence-corrected chi connectivity index (χ2v) is 4.26.